The third kappa shape index (κ3) is 3.11. The highest BCUT2D eigenvalue weighted by atomic mass is 19.1. The number of Topliss-reactive ketones (excluding diaryl/α,β-unsaturated/α-hetero) is 1. The van der Waals surface area contributed by atoms with Crippen LogP contribution in [0.2, 0.25) is 0 Å². The number of furan rings is 2. The Balaban J connectivity index is 1.66. The first kappa shape index (κ1) is 17.8. The number of benzene rings is 1. The Labute approximate surface area is 159 Å². The average Bonchev–Trinajstić information content (AvgIpc) is 3.44. The van der Waals surface area contributed by atoms with Gasteiger partial charge in [-0.3, -0.25) is 9.59 Å². The van der Waals surface area contributed by atoms with Crippen LogP contribution in [-0.2, 0) is 11.2 Å². The number of rotatable bonds is 6. The smallest absolute Gasteiger partial charge is 0.290 e. The fourth-order valence-electron chi connectivity index (χ4n) is 3.30. The zero-order chi connectivity index (χ0) is 19.7. The third-order valence-electron chi connectivity index (χ3n) is 4.66. The van der Waals surface area contributed by atoms with Gasteiger partial charge in [0, 0.05) is 6.54 Å². The molecule has 1 N–H and O–H groups in total. The number of halogens is 1. The van der Waals surface area contributed by atoms with Crippen molar-refractivity contribution in [3.8, 4) is 0 Å². The van der Waals surface area contributed by atoms with Gasteiger partial charge in [0.15, 0.2) is 11.5 Å². The summed E-state index contributed by atoms with van der Waals surface area (Å²) < 4.78 is 23.7. The second-order valence-corrected chi connectivity index (χ2v) is 6.36. The lowest BCUT2D eigenvalue weighted by Gasteiger charge is -2.24. The minimum atomic E-state index is -0.874. The fraction of sp³-hybridized carbons (Fsp3) is 0.143. The number of aliphatic hydroxyl groups excluding tert-OH is 1. The molecule has 0 aliphatic carbocycles. The van der Waals surface area contributed by atoms with E-state index in [1.165, 1.54) is 35.6 Å². The summed E-state index contributed by atoms with van der Waals surface area (Å²) in [6.45, 7) is 0.203. The lowest BCUT2D eigenvalue weighted by Crippen LogP contribution is -2.32. The maximum atomic E-state index is 13.1. The van der Waals surface area contributed by atoms with E-state index < -0.39 is 23.5 Å². The normalized spacial score (nSPS) is 16.8. The van der Waals surface area contributed by atoms with E-state index in [1.54, 1.807) is 30.3 Å². The van der Waals surface area contributed by atoms with Crippen molar-refractivity contribution < 1.29 is 27.9 Å². The first-order chi connectivity index (χ1) is 13.6. The predicted octanol–water partition coefficient (Wildman–Crippen LogP) is 3.83. The maximum Gasteiger partial charge on any atom is 0.290 e. The molecule has 0 saturated heterocycles. The molecule has 0 saturated carbocycles. The van der Waals surface area contributed by atoms with Crippen molar-refractivity contribution in [2.45, 2.75) is 12.5 Å². The van der Waals surface area contributed by atoms with Crippen LogP contribution in [0, 0.1) is 5.82 Å². The highest BCUT2D eigenvalue weighted by Gasteiger charge is 2.45. The Hall–Kier alpha value is -3.61. The van der Waals surface area contributed by atoms with E-state index in [0.29, 0.717) is 12.2 Å². The van der Waals surface area contributed by atoms with Gasteiger partial charge in [0.2, 0.25) is 5.78 Å². The van der Waals surface area contributed by atoms with E-state index in [9.17, 15) is 19.1 Å². The second kappa shape index (κ2) is 7.19. The van der Waals surface area contributed by atoms with Crippen LogP contribution in [0.15, 0.2) is 81.2 Å². The van der Waals surface area contributed by atoms with Gasteiger partial charge in [-0.2, -0.15) is 0 Å². The maximum absolute atomic E-state index is 13.1. The molecule has 0 spiro atoms. The molecule has 4 rings (SSSR count). The summed E-state index contributed by atoms with van der Waals surface area (Å²) in [6, 6.07) is 11.3. The van der Waals surface area contributed by atoms with Gasteiger partial charge < -0.3 is 18.8 Å². The highest BCUT2D eigenvalue weighted by molar-refractivity contribution is 6.14. The van der Waals surface area contributed by atoms with Crippen molar-refractivity contribution >= 4 is 11.7 Å². The highest BCUT2D eigenvalue weighted by Crippen LogP contribution is 2.39. The lowest BCUT2D eigenvalue weighted by molar-refractivity contribution is -0.129. The van der Waals surface area contributed by atoms with Gasteiger partial charge in [0.1, 0.15) is 17.6 Å². The molecule has 6 nitrogen and oxygen atoms in total. The van der Waals surface area contributed by atoms with Gasteiger partial charge in [-0.1, -0.05) is 12.1 Å². The summed E-state index contributed by atoms with van der Waals surface area (Å²) in [5.41, 5.74) is 0.728. The van der Waals surface area contributed by atoms with Gasteiger partial charge in [-0.05, 0) is 48.4 Å². The summed E-state index contributed by atoms with van der Waals surface area (Å²) in [7, 11) is 0. The summed E-state index contributed by atoms with van der Waals surface area (Å²) in [5, 5.41) is 10.4. The van der Waals surface area contributed by atoms with Gasteiger partial charge in [-0.25, -0.2) is 4.39 Å². The predicted molar refractivity (Wildman–Crippen MR) is 96.0 cm³/mol. The topological polar surface area (TPSA) is 83.9 Å². The number of carbonyl (C=O) groups is 2. The standard InChI is InChI=1S/C21H16FNO5/c22-14-7-5-13(6-8-14)9-10-23-18(15-3-1-11-27-15)17(20(25)21(23)26)19(24)16-4-2-12-28-16/h1-8,11-12,18,25H,9-10H2. The van der Waals surface area contributed by atoms with Crippen LogP contribution in [0.5, 0.6) is 0 Å². The molecule has 1 atom stereocenters. The number of ketones is 1. The molecule has 1 amide bonds. The molecule has 3 heterocycles. The summed E-state index contributed by atoms with van der Waals surface area (Å²) >= 11 is 0. The number of amides is 1. The van der Waals surface area contributed by atoms with Gasteiger partial charge in [0.25, 0.3) is 5.91 Å². The van der Waals surface area contributed by atoms with E-state index in [-0.39, 0.29) is 23.7 Å². The van der Waals surface area contributed by atoms with Crippen molar-refractivity contribution in [3.63, 3.8) is 0 Å². The molecule has 28 heavy (non-hydrogen) atoms. The van der Waals surface area contributed by atoms with Crippen molar-refractivity contribution in [3.05, 3.63) is 95.3 Å². The Morgan fingerprint density at radius 3 is 2.43 bits per heavy atom. The van der Waals surface area contributed by atoms with Crippen molar-refractivity contribution in [1.82, 2.24) is 4.90 Å². The number of hydrogen-bond acceptors (Lipinski definition) is 5. The van der Waals surface area contributed by atoms with E-state index in [0.717, 1.165) is 5.56 Å². The minimum absolute atomic E-state index is 0.0197. The quantitative estimate of drug-likeness (QED) is 0.656. The van der Waals surface area contributed by atoms with E-state index in [4.69, 9.17) is 8.83 Å². The fourth-order valence-corrected chi connectivity index (χ4v) is 3.30. The summed E-state index contributed by atoms with van der Waals surface area (Å²) in [4.78, 5) is 26.9. The molecule has 2 aromatic heterocycles. The molecular formula is C21H16FNO5. The van der Waals surface area contributed by atoms with Crippen molar-refractivity contribution in [2.24, 2.45) is 0 Å². The van der Waals surface area contributed by atoms with Gasteiger partial charge in [-0.15, -0.1) is 0 Å². The molecule has 0 radical (unpaired) electrons. The van der Waals surface area contributed by atoms with Crippen LogP contribution in [0.25, 0.3) is 0 Å². The van der Waals surface area contributed by atoms with Crippen LogP contribution in [0.4, 0.5) is 4.39 Å². The monoisotopic (exact) mass is 381 g/mol. The third-order valence-corrected chi connectivity index (χ3v) is 4.66. The Morgan fingerprint density at radius 1 is 1.07 bits per heavy atom. The van der Waals surface area contributed by atoms with Crippen LogP contribution < -0.4 is 0 Å². The van der Waals surface area contributed by atoms with Crippen molar-refractivity contribution in [1.29, 1.82) is 0 Å². The molecule has 0 fully saturated rings. The zero-order valence-corrected chi connectivity index (χ0v) is 14.7. The van der Waals surface area contributed by atoms with E-state index >= 15 is 0 Å². The number of hydrogen-bond donors (Lipinski definition) is 1. The summed E-state index contributed by atoms with van der Waals surface area (Å²) in [5.74, 6) is -1.85. The molecule has 1 aliphatic heterocycles. The molecule has 142 valence electrons. The van der Waals surface area contributed by atoms with E-state index in [1.807, 2.05) is 0 Å². The van der Waals surface area contributed by atoms with Crippen LogP contribution >= 0.6 is 0 Å². The first-order valence-corrected chi connectivity index (χ1v) is 8.66. The van der Waals surface area contributed by atoms with Crippen LogP contribution in [0.3, 0.4) is 0 Å². The van der Waals surface area contributed by atoms with E-state index in [2.05, 4.69) is 0 Å². The number of nitrogens with zero attached hydrogens (tertiary/aromatic N) is 1. The molecule has 0 bridgehead atoms. The van der Waals surface area contributed by atoms with Crippen molar-refractivity contribution in [2.75, 3.05) is 6.54 Å². The number of carbonyl (C=O) groups excluding carboxylic acids is 2. The first-order valence-electron chi connectivity index (χ1n) is 8.66. The molecule has 7 heteroatoms. The van der Waals surface area contributed by atoms with Crippen LogP contribution in [0.1, 0.15) is 27.9 Å². The number of aliphatic hydroxyl groups is 1. The average molecular weight is 381 g/mol. The molecule has 3 aromatic rings. The molecular weight excluding hydrogens is 365 g/mol. The summed E-state index contributed by atoms with van der Waals surface area (Å²) in [6.07, 6.45) is 3.19. The Kier molecular flexibility index (Phi) is 4.57. The lowest BCUT2D eigenvalue weighted by atomic mass is 9.99. The van der Waals surface area contributed by atoms with Gasteiger partial charge in [0.05, 0.1) is 18.1 Å². The molecule has 1 aliphatic rings. The zero-order valence-electron chi connectivity index (χ0n) is 14.7. The largest absolute Gasteiger partial charge is 0.503 e. The Bertz CT molecular complexity index is 1020. The van der Waals surface area contributed by atoms with Crippen LogP contribution in [-0.4, -0.2) is 28.2 Å². The Morgan fingerprint density at radius 2 is 1.79 bits per heavy atom. The SMILES string of the molecule is O=C(C1=C(O)C(=O)N(CCc2ccc(F)cc2)C1c1ccco1)c1ccco1. The second-order valence-electron chi connectivity index (χ2n) is 6.36. The molecule has 1 unspecified atom stereocenters. The van der Waals surface area contributed by atoms with Gasteiger partial charge >= 0.3 is 0 Å². The minimum Gasteiger partial charge on any atom is -0.503 e. The molecule has 1 aromatic carbocycles.